The molecule has 18 heavy (non-hydrogen) atoms. The molecule has 0 bridgehead atoms. The lowest BCUT2D eigenvalue weighted by atomic mass is 9.97. The molecule has 0 spiro atoms. The van der Waals surface area contributed by atoms with E-state index in [1.165, 1.54) is 0 Å². The molecule has 2 aromatic rings. The number of hydrogen-bond donors (Lipinski definition) is 2. The Morgan fingerprint density at radius 2 is 2.17 bits per heavy atom. The number of phenols is 1. The number of nitrogens with zero attached hydrogens (tertiary/aromatic N) is 2. The number of hydrogen-bond acceptors (Lipinski definition) is 3. The van der Waals surface area contributed by atoms with Gasteiger partial charge in [0.2, 0.25) is 0 Å². The number of benzene rings is 1. The Morgan fingerprint density at radius 1 is 1.33 bits per heavy atom. The van der Waals surface area contributed by atoms with Gasteiger partial charge in [-0.2, -0.15) is 0 Å². The molecule has 2 heterocycles. The maximum Gasteiger partial charge on any atom is 0.143 e. The quantitative estimate of drug-likeness (QED) is 0.850. The Balaban J connectivity index is 2.10. The molecule has 0 fully saturated rings. The zero-order valence-electron chi connectivity index (χ0n) is 10.1. The van der Waals surface area contributed by atoms with Crippen molar-refractivity contribution in [3.63, 3.8) is 0 Å². The Labute approximate surface area is 106 Å². The number of rotatable bonds is 2. The van der Waals surface area contributed by atoms with Crippen molar-refractivity contribution in [2.45, 2.75) is 25.3 Å². The van der Waals surface area contributed by atoms with Gasteiger partial charge in [-0.05, 0) is 25.0 Å². The highest BCUT2D eigenvalue weighted by atomic mass is 16.3. The van der Waals surface area contributed by atoms with Crippen LogP contribution in [0.5, 0.6) is 5.75 Å². The second-order valence-corrected chi connectivity index (χ2v) is 4.70. The van der Waals surface area contributed by atoms with Crippen LogP contribution in [0.4, 0.5) is 0 Å². The third kappa shape index (κ3) is 1.69. The molecule has 94 valence electrons. The molecule has 3 rings (SSSR count). The van der Waals surface area contributed by atoms with E-state index in [1.54, 1.807) is 12.1 Å². The molecule has 4 heteroatoms. The van der Waals surface area contributed by atoms with Gasteiger partial charge in [-0.1, -0.05) is 12.1 Å². The Hall–Kier alpha value is -1.81. The Bertz CT molecular complexity index is 563. The molecule has 0 radical (unpaired) electrons. The van der Waals surface area contributed by atoms with Gasteiger partial charge < -0.3 is 14.8 Å². The first-order chi connectivity index (χ1) is 8.81. The molecule has 1 aliphatic rings. The van der Waals surface area contributed by atoms with E-state index in [4.69, 9.17) is 0 Å². The van der Waals surface area contributed by atoms with Crippen molar-refractivity contribution < 1.29 is 10.2 Å². The topological polar surface area (TPSA) is 58.3 Å². The second-order valence-electron chi connectivity index (χ2n) is 4.70. The van der Waals surface area contributed by atoms with Crippen LogP contribution < -0.4 is 0 Å². The lowest BCUT2D eigenvalue weighted by molar-refractivity contribution is 0.241. The summed E-state index contributed by atoms with van der Waals surface area (Å²) >= 11 is 0. The highest BCUT2D eigenvalue weighted by Crippen LogP contribution is 2.34. The summed E-state index contributed by atoms with van der Waals surface area (Å²) in [5, 5.41) is 19.3. The molecule has 0 saturated heterocycles. The summed E-state index contributed by atoms with van der Waals surface area (Å²) in [7, 11) is 0. The highest BCUT2D eigenvalue weighted by Gasteiger charge is 2.23. The molecule has 0 amide bonds. The van der Waals surface area contributed by atoms with Crippen molar-refractivity contribution in [1.82, 2.24) is 9.55 Å². The summed E-state index contributed by atoms with van der Waals surface area (Å²) in [5.74, 6) is 1.21. The molecule has 1 aliphatic heterocycles. The average Bonchev–Trinajstić information content (AvgIpc) is 2.83. The first kappa shape index (κ1) is 11.3. The van der Waals surface area contributed by atoms with Crippen LogP contribution in [0, 0.1) is 0 Å². The monoisotopic (exact) mass is 244 g/mol. The minimum Gasteiger partial charge on any atom is -0.507 e. The van der Waals surface area contributed by atoms with Crippen LogP contribution in [0.2, 0.25) is 0 Å². The normalized spacial score (nSPS) is 18.6. The molecular formula is C14H16N2O2. The van der Waals surface area contributed by atoms with Crippen LogP contribution in [-0.2, 0) is 6.54 Å². The smallest absolute Gasteiger partial charge is 0.143 e. The van der Waals surface area contributed by atoms with E-state index < -0.39 is 0 Å². The van der Waals surface area contributed by atoms with Crippen LogP contribution >= 0.6 is 0 Å². The van der Waals surface area contributed by atoms with Gasteiger partial charge in [0.25, 0.3) is 0 Å². The first-order valence-electron chi connectivity index (χ1n) is 6.26. The van der Waals surface area contributed by atoms with Crippen molar-refractivity contribution in [3.05, 3.63) is 36.2 Å². The molecule has 1 unspecified atom stereocenters. The Kier molecular flexibility index (Phi) is 2.80. The average molecular weight is 244 g/mol. The Morgan fingerprint density at radius 3 is 2.94 bits per heavy atom. The van der Waals surface area contributed by atoms with Gasteiger partial charge >= 0.3 is 0 Å². The van der Waals surface area contributed by atoms with E-state index in [0.717, 1.165) is 36.5 Å². The van der Waals surface area contributed by atoms with Gasteiger partial charge in [-0.25, -0.2) is 4.98 Å². The van der Waals surface area contributed by atoms with E-state index >= 15 is 0 Å². The lowest BCUT2D eigenvalue weighted by Gasteiger charge is -2.23. The number of para-hydroxylation sites is 1. The van der Waals surface area contributed by atoms with Gasteiger partial charge in [0.1, 0.15) is 11.6 Å². The fourth-order valence-corrected chi connectivity index (χ4v) is 2.66. The molecular weight excluding hydrogens is 228 g/mol. The van der Waals surface area contributed by atoms with Crippen LogP contribution in [0.25, 0.3) is 11.4 Å². The van der Waals surface area contributed by atoms with E-state index in [-0.39, 0.29) is 18.3 Å². The predicted molar refractivity (Wildman–Crippen MR) is 68.4 cm³/mol. The van der Waals surface area contributed by atoms with Crippen molar-refractivity contribution in [3.8, 4) is 17.1 Å². The maximum absolute atomic E-state index is 9.90. The number of phenolic OH excluding ortho intramolecular Hbond substituents is 1. The summed E-state index contributed by atoms with van der Waals surface area (Å²) in [4.78, 5) is 4.42. The molecule has 0 saturated carbocycles. The minimum atomic E-state index is 0.159. The SMILES string of the molecule is OCC1CCCn2c1cnc2-c1ccccc1O. The van der Waals surface area contributed by atoms with E-state index in [9.17, 15) is 10.2 Å². The van der Waals surface area contributed by atoms with Crippen molar-refractivity contribution >= 4 is 0 Å². The third-order valence-corrected chi connectivity index (χ3v) is 3.60. The maximum atomic E-state index is 9.90. The van der Waals surface area contributed by atoms with Crippen molar-refractivity contribution in [2.75, 3.05) is 6.61 Å². The molecule has 1 aromatic carbocycles. The second kappa shape index (κ2) is 4.46. The fourth-order valence-electron chi connectivity index (χ4n) is 2.66. The standard InChI is InChI=1S/C14H16N2O2/c17-9-10-4-3-7-16-12(10)8-15-14(16)11-5-1-2-6-13(11)18/h1-2,5-6,8,10,17-18H,3-4,7,9H2. The molecule has 4 nitrogen and oxygen atoms in total. The van der Waals surface area contributed by atoms with Crippen molar-refractivity contribution in [1.29, 1.82) is 0 Å². The molecule has 1 aromatic heterocycles. The zero-order valence-corrected chi connectivity index (χ0v) is 10.1. The number of aromatic hydroxyl groups is 1. The number of imidazole rings is 1. The van der Waals surface area contributed by atoms with Crippen LogP contribution in [0.15, 0.2) is 30.5 Å². The van der Waals surface area contributed by atoms with Crippen LogP contribution in [0.3, 0.4) is 0 Å². The van der Waals surface area contributed by atoms with E-state index in [0.29, 0.717) is 0 Å². The van der Waals surface area contributed by atoms with Crippen LogP contribution in [-0.4, -0.2) is 26.4 Å². The van der Waals surface area contributed by atoms with Gasteiger partial charge in [0.15, 0.2) is 0 Å². The molecule has 0 aliphatic carbocycles. The largest absolute Gasteiger partial charge is 0.507 e. The van der Waals surface area contributed by atoms with E-state index in [2.05, 4.69) is 9.55 Å². The van der Waals surface area contributed by atoms with Gasteiger partial charge in [0.05, 0.1) is 12.2 Å². The predicted octanol–water partition coefficient (Wildman–Crippen LogP) is 2.13. The number of aliphatic hydroxyl groups excluding tert-OH is 1. The fraction of sp³-hybridized carbons (Fsp3) is 0.357. The van der Waals surface area contributed by atoms with E-state index in [1.807, 2.05) is 18.3 Å². The number of fused-ring (bicyclic) bond motifs is 1. The molecule has 2 N–H and O–H groups in total. The summed E-state index contributed by atoms with van der Waals surface area (Å²) in [6.07, 6.45) is 3.86. The summed E-state index contributed by atoms with van der Waals surface area (Å²) in [5.41, 5.74) is 1.82. The van der Waals surface area contributed by atoms with Gasteiger partial charge in [-0.15, -0.1) is 0 Å². The first-order valence-corrected chi connectivity index (χ1v) is 6.26. The summed E-state index contributed by atoms with van der Waals surface area (Å²) in [6.45, 7) is 1.06. The van der Waals surface area contributed by atoms with Crippen LogP contribution in [0.1, 0.15) is 24.5 Å². The summed E-state index contributed by atoms with van der Waals surface area (Å²) in [6, 6.07) is 7.23. The highest BCUT2D eigenvalue weighted by molar-refractivity contribution is 5.64. The zero-order chi connectivity index (χ0) is 12.5. The third-order valence-electron chi connectivity index (χ3n) is 3.60. The van der Waals surface area contributed by atoms with Crippen molar-refractivity contribution in [2.24, 2.45) is 0 Å². The summed E-state index contributed by atoms with van der Waals surface area (Å²) < 4.78 is 2.11. The number of aromatic nitrogens is 2. The lowest BCUT2D eigenvalue weighted by Crippen LogP contribution is -2.18. The minimum absolute atomic E-state index is 0.159. The number of aliphatic hydroxyl groups is 1. The van der Waals surface area contributed by atoms with Gasteiger partial charge in [-0.3, -0.25) is 0 Å². The molecule has 1 atom stereocenters. The van der Waals surface area contributed by atoms with Gasteiger partial charge in [0, 0.05) is 24.4 Å².